The molecule has 0 bridgehead atoms. The molecular weight excluding hydrogens is 316 g/mol. The van der Waals surface area contributed by atoms with Gasteiger partial charge in [0.1, 0.15) is 5.82 Å². The molecule has 4 heteroatoms. The quantitative estimate of drug-likeness (QED) is 0.687. The highest BCUT2D eigenvalue weighted by atomic mass is 32.2. The summed E-state index contributed by atoms with van der Waals surface area (Å²) in [6.45, 7) is 17.7. The molecule has 0 radical (unpaired) electrons. The van der Waals surface area contributed by atoms with Crippen LogP contribution in [0.2, 0.25) is 0 Å². The van der Waals surface area contributed by atoms with Gasteiger partial charge in [-0.3, -0.25) is 0 Å². The smallest absolute Gasteiger partial charge is 0.105 e. The van der Waals surface area contributed by atoms with Crippen molar-refractivity contribution in [3.63, 3.8) is 0 Å². The lowest BCUT2D eigenvalue weighted by Crippen LogP contribution is -2.48. The van der Waals surface area contributed by atoms with E-state index in [-0.39, 0.29) is 0 Å². The van der Waals surface area contributed by atoms with Gasteiger partial charge in [-0.2, -0.15) is 0 Å². The first-order chi connectivity index (χ1) is 11.3. The van der Waals surface area contributed by atoms with Crippen molar-refractivity contribution in [1.29, 1.82) is 0 Å². The van der Waals surface area contributed by atoms with Crippen LogP contribution in [0.5, 0.6) is 0 Å². The molecule has 138 valence electrons. The molecule has 0 aromatic heterocycles. The van der Waals surface area contributed by atoms with Crippen molar-refractivity contribution in [3.05, 3.63) is 23.5 Å². The van der Waals surface area contributed by atoms with E-state index >= 15 is 0 Å². The summed E-state index contributed by atoms with van der Waals surface area (Å²) < 4.78 is 5.75. The Labute approximate surface area is 153 Å². The lowest BCUT2D eigenvalue weighted by atomic mass is 9.90. The third-order valence-corrected chi connectivity index (χ3v) is 5.66. The normalized spacial score (nSPS) is 25.6. The van der Waals surface area contributed by atoms with Crippen LogP contribution in [0, 0.1) is 5.41 Å². The lowest BCUT2D eigenvalue weighted by molar-refractivity contribution is -0.0170. The van der Waals surface area contributed by atoms with Crippen molar-refractivity contribution in [2.24, 2.45) is 5.41 Å². The number of rotatable bonds is 6. The highest BCUT2D eigenvalue weighted by molar-refractivity contribution is 7.99. The molecule has 24 heavy (non-hydrogen) atoms. The standard InChI is InChI=1S/C20H36N2OS/c1-7-24-19-14-16(2)13-18(21-11-12-23-17(3)15-21)22(19)10-8-9-20(4,5)6/h13-14,17,19H,7-12,15H2,1-6H3. The zero-order valence-electron chi connectivity index (χ0n) is 16.5. The number of hydrogen-bond donors (Lipinski definition) is 0. The Morgan fingerprint density at radius 3 is 2.71 bits per heavy atom. The Bertz CT molecular complexity index is 467. The molecule has 2 unspecified atom stereocenters. The van der Waals surface area contributed by atoms with Crippen LogP contribution in [-0.2, 0) is 4.74 Å². The molecule has 1 saturated heterocycles. The Morgan fingerprint density at radius 2 is 2.08 bits per heavy atom. The van der Waals surface area contributed by atoms with Gasteiger partial charge in [0.05, 0.1) is 18.1 Å². The van der Waals surface area contributed by atoms with E-state index < -0.39 is 0 Å². The van der Waals surface area contributed by atoms with Gasteiger partial charge in [-0.05, 0) is 55.6 Å². The van der Waals surface area contributed by atoms with Gasteiger partial charge in [0.15, 0.2) is 0 Å². The summed E-state index contributed by atoms with van der Waals surface area (Å²) in [5, 5.41) is 0.466. The number of thioether (sulfide) groups is 1. The van der Waals surface area contributed by atoms with Crippen molar-refractivity contribution >= 4 is 11.8 Å². The molecule has 3 nitrogen and oxygen atoms in total. The van der Waals surface area contributed by atoms with E-state index in [1.165, 1.54) is 24.2 Å². The molecule has 0 aromatic carbocycles. The van der Waals surface area contributed by atoms with Gasteiger partial charge >= 0.3 is 0 Å². The molecule has 2 rings (SSSR count). The van der Waals surface area contributed by atoms with Crippen LogP contribution in [0.3, 0.4) is 0 Å². The van der Waals surface area contributed by atoms with Crippen LogP contribution in [-0.4, -0.2) is 53.3 Å². The second kappa shape index (κ2) is 8.66. The number of hydrogen-bond acceptors (Lipinski definition) is 4. The predicted molar refractivity (Wildman–Crippen MR) is 106 cm³/mol. The van der Waals surface area contributed by atoms with Crippen LogP contribution in [0.25, 0.3) is 0 Å². The first-order valence-electron chi connectivity index (χ1n) is 9.45. The Morgan fingerprint density at radius 1 is 1.33 bits per heavy atom. The summed E-state index contributed by atoms with van der Waals surface area (Å²) in [5.41, 5.74) is 1.80. The van der Waals surface area contributed by atoms with Crippen LogP contribution < -0.4 is 0 Å². The van der Waals surface area contributed by atoms with E-state index in [4.69, 9.17) is 4.74 Å². The second-order valence-corrected chi connectivity index (χ2v) is 9.64. The van der Waals surface area contributed by atoms with E-state index in [1.54, 1.807) is 0 Å². The summed E-state index contributed by atoms with van der Waals surface area (Å²) in [6, 6.07) is 0. The average Bonchev–Trinajstić information content (AvgIpc) is 2.48. The summed E-state index contributed by atoms with van der Waals surface area (Å²) in [4.78, 5) is 5.16. The highest BCUT2D eigenvalue weighted by Gasteiger charge is 2.29. The van der Waals surface area contributed by atoms with E-state index in [0.29, 0.717) is 16.9 Å². The monoisotopic (exact) mass is 352 g/mol. The molecule has 1 fully saturated rings. The maximum absolute atomic E-state index is 5.75. The Balaban J connectivity index is 2.13. The van der Waals surface area contributed by atoms with Crippen molar-refractivity contribution in [3.8, 4) is 0 Å². The summed E-state index contributed by atoms with van der Waals surface area (Å²) in [6.07, 6.45) is 7.64. The molecule has 0 saturated carbocycles. The van der Waals surface area contributed by atoms with E-state index in [0.717, 1.165) is 32.0 Å². The minimum Gasteiger partial charge on any atom is -0.375 e. The molecule has 0 aromatic rings. The maximum atomic E-state index is 5.75. The van der Waals surface area contributed by atoms with Crippen molar-refractivity contribution in [2.75, 3.05) is 32.0 Å². The molecule has 0 amide bonds. The van der Waals surface area contributed by atoms with Crippen molar-refractivity contribution < 1.29 is 4.74 Å². The minimum absolute atomic E-state index is 0.319. The topological polar surface area (TPSA) is 15.7 Å². The van der Waals surface area contributed by atoms with Crippen LogP contribution in [0.1, 0.15) is 54.4 Å². The molecule has 2 heterocycles. The fourth-order valence-electron chi connectivity index (χ4n) is 3.41. The Hall–Kier alpha value is -0.610. The van der Waals surface area contributed by atoms with Gasteiger partial charge in [-0.1, -0.05) is 27.7 Å². The number of nitrogens with zero attached hydrogens (tertiary/aromatic N) is 2. The number of ether oxygens (including phenoxy) is 1. The molecule has 2 atom stereocenters. The summed E-state index contributed by atoms with van der Waals surface area (Å²) >= 11 is 2.04. The summed E-state index contributed by atoms with van der Waals surface area (Å²) in [7, 11) is 0. The average molecular weight is 353 g/mol. The van der Waals surface area contributed by atoms with Crippen LogP contribution in [0.15, 0.2) is 23.5 Å². The number of morpholine rings is 1. The largest absolute Gasteiger partial charge is 0.375 e. The van der Waals surface area contributed by atoms with Crippen LogP contribution in [0.4, 0.5) is 0 Å². The van der Waals surface area contributed by atoms with Gasteiger partial charge in [0.2, 0.25) is 0 Å². The van der Waals surface area contributed by atoms with Crippen LogP contribution >= 0.6 is 11.8 Å². The lowest BCUT2D eigenvalue weighted by Gasteiger charge is -2.44. The third-order valence-electron chi connectivity index (χ3n) is 4.59. The second-order valence-electron chi connectivity index (χ2n) is 8.24. The maximum Gasteiger partial charge on any atom is 0.105 e. The SMILES string of the molecule is CCSC1C=C(C)C=C(N2CCOC(C)C2)N1CCCC(C)(C)C. The first-order valence-corrected chi connectivity index (χ1v) is 10.5. The van der Waals surface area contributed by atoms with E-state index in [9.17, 15) is 0 Å². The fourth-order valence-corrected chi connectivity index (χ4v) is 4.46. The van der Waals surface area contributed by atoms with Gasteiger partial charge in [-0.15, -0.1) is 11.8 Å². The van der Waals surface area contributed by atoms with Crippen molar-refractivity contribution in [1.82, 2.24) is 9.80 Å². The first kappa shape index (κ1) is 19.7. The van der Waals surface area contributed by atoms with E-state index in [2.05, 4.69) is 63.5 Å². The third kappa shape index (κ3) is 5.73. The van der Waals surface area contributed by atoms with E-state index in [1.807, 2.05) is 11.8 Å². The van der Waals surface area contributed by atoms with Gasteiger partial charge < -0.3 is 14.5 Å². The van der Waals surface area contributed by atoms with Gasteiger partial charge in [0.25, 0.3) is 0 Å². The highest BCUT2D eigenvalue weighted by Crippen LogP contribution is 2.32. The molecule has 0 aliphatic carbocycles. The van der Waals surface area contributed by atoms with Gasteiger partial charge in [-0.25, -0.2) is 0 Å². The molecule has 0 spiro atoms. The fraction of sp³-hybridized carbons (Fsp3) is 0.800. The zero-order chi connectivity index (χ0) is 17.7. The van der Waals surface area contributed by atoms with Crippen molar-refractivity contribution in [2.45, 2.75) is 65.9 Å². The molecule has 0 N–H and O–H groups in total. The number of allylic oxidation sites excluding steroid dienone is 2. The molecule has 2 aliphatic rings. The van der Waals surface area contributed by atoms with Gasteiger partial charge in [0, 0.05) is 19.6 Å². The predicted octanol–water partition coefficient (Wildman–Crippen LogP) is 4.72. The zero-order valence-corrected chi connectivity index (χ0v) is 17.3. The summed E-state index contributed by atoms with van der Waals surface area (Å²) in [5.74, 6) is 2.56. The molecule has 2 aliphatic heterocycles. The Kier molecular flexibility index (Phi) is 7.11. The minimum atomic E-state index is 0.319. The molecular formula is C20H36N2OS.